The fourth-order valence-corrected chi connectivity index (χ4v) is 2.53. The van der Waals surface area contributed by atoms with Crippen LogP contribution in [0.1, 0.15) is 20.7 Å². The Bertz CT molecular complexity index is 893. The van der Waals surface area contributed by atoms with Gasteiger partial charge >= 0.3 is 0 Å². The average molecular weight is 351 g/mol. The Hall–Kier alpha value is -3.11. The maximum Gasteiger partial charge on any atom is 0.270 e. The minimum Gasteiger partial charge on any atom is -0.267 e. The summed E-state index contributed by atoms with van der Waals surface area (Å²) in [5.41, 5.74) is 7.47. The van der Waals surface area contributed by atoms with Gasteiger partial charge in [-0.15, -0.1) is 0 Å². The van der Waals surface area contributed by atoms with E-state index in [4.69, 9.17) is 11.6 Å². The molecule has 0 heterocycles. The second-order valence-corrected chi connectivity index (χ2v) is 5.76. The first kappa shape index (κ1) is 16.7. The first-order valence-corrected chi connectivity index (χ1v) is 8.03. The molecule has 0 spiro atoms. The molecule has 0 fully saturated rings. The molecule has 0 aromatic heterocycles. The van der Waals surface area contributed by atoms with Gasteiger partial charge in [0.15, 0.2) is 0 Å². The molecule has 5 heteroatoms. The summed E-state index contributed by atoms with van der Waals surface area (Å²) < 4.78 is 0. The molecule has 124 valence electrons. The Kier molecular flexibility index (Phi) is 5.11. The van der Waals surface area contributed by atoms with Gasteiger partial charge in [0.2, 0.25) is 0 Å². The van der Waals surface area contributed by atoms with Gasteiger partial charge in [-0.25, -0.2) is 0 Å². The summed E-state index contributed by atoms with van der Waals surface area (Å²) in [6.07, 6.45) is 0. The Morgan fingerprint density at radius 3 is 2.00 bits per heavy atom. The SMILES string of the molecule is O=C(NNC(=O)c1ccccc1-c1ccccc1)c1ccc(Cl)cc1. The van der Waals surface area contributed by atoms with Crippen molar-refractivity contribution in [3.63, 3.8) is 0 Å². The molecular weight excluding hydrogens is 336 g/mol. The van der Waals surface area contributed by atoms with Crippen LogP contribution in [0.4, 0.5) is 0 Å². The van der Waals surface area contributed by atoms with Crippen LogP contribution in [-0.4, -0.2) is 11.8 Å². The third kappa shape index (κ3) is 4.05. The fourth-order valence-electron chi connectivity index (χ4n) is 2.40. The van der Waals surface area contributed by atoms with Gasteiger partial charge < -0.3 is 0 Å². The van der Waals surface area contributed by atoms with E-state index in [2.05, 4.69) is 10.9 Å². The van der Waals surface area contributed by atoms with Crippen molar-refractivity contribution < 1.29 is 9.59 Å². The molecule has 3 aromatic rings. The van der Waals surface area contributed by atoms with Crippen molar-refractivity contribution in [2.24, 2.45) is 0 Å². The lowest BCUT2D eigenvalue weighted by Crippen LogP contribution is -2.41. The Morgan fingerprint density at radius 2 is 1.28 bits per heavy atom. The monoisotopic (exact) mass is 350 g/mol. The van der Waals surface area contributed by atoms with Crippen molar-refractivity contribution in [1.82, 2.24) is 10.9 Å². The molecule has 2 amide bonds. The quantitative estimate of drug-likeness (QED) is 0.699. The van der Waals surface area contributed by atoms with Gasteiger partial charge in [0.1, 0.15) is 0 Å². The lowest BCUT2D eigenvalue weighted by molar-refractivity contribution is 0.0847. The van der Waals surface area contributed by atoms with Crippen LogP contribution in [0.3, 0.4) is 0 Å². The van der Waals surface area contributed by atoms with E-state index in [0.29, 0.717) is 16.1 Å². The number of amides is 2. The molecule has 0 unspecified atom stereocenters. The van der Waals surface area contributed by atoms with E-state index in [-0.39, 0.29) is 5.91 Å². The van der Waals surface area contributed by atoms with E-state index in [9.17, 15) is 9.59 Å². The van der Waals surface area contributed by atoms with Crippen LogP contribution in [-0.2, 0) is 0 Å². The van der Waals surface area contributed by atoms with Crippen LogP contribution in [0, 0.1) is 0 Å². The van der Waals surface area contributed by atoms with Crippen molar-refractivity contribution in [3.05, 3.63) is 95.0 Å². The van der Waals surface area contributed by atoms with Crippen molar-refractivity contribution in [3.8, 4) is 11.1 Å². The van der Waals surface area contributed by atoms with Gasteiger partial charge in [0, 0.05) is 16.1 Å². The molecule has 4 nitrogen and oxygen atoms in total. The first-order valence-electron chi connectivity index (χ1n) is 7.66. The number of nitrogens with one attached hydrogen (secondary N) is 2. The predicted molar refractivity (Wildman–Crippen MR) is 98.3 cm³/mol. The summed E-state index contributed by atoms with van der Waals surface area (Å²) in [5.74, 6) is -0.802. The number of rotatable bonds is 3. The summed E-state index contributed by atoms with van der Waals surface area (Å²) in [4.78, 5) is 24.6. The largest absolute Gasteiger partial charge is 0.270 e. The predicted octanol–water partition coefficient (Wildman–Crippen LogP) is 4.08. The molecule has 0 bridgehead atoms. The lowest BCUT2D eigenvalue weighted by Gasteiger charge is -2.11. The van der Waals surface area contributed by atoms with Crippen molar-refractivity contribution in [2.75, 3.05) is 0 Å². The summed E-state index contributed by atoms with van der Waals surface area (Å²) >= 11 is 5.80. The van der Waals surface area contributed by atoms with Gasteiger partial charge in [0.25, 0.3) is 11.8 Å². The second kappa shape index (κ2) is 7.64. The molecule has 0 radical (unpaired) electrons. The molecule has 25 heavy (non-hydrogen) atoms. The van der Waals surface area contributed by atoms with Crippen LogP contribution >= 0.6 is 11.6 Å². The number of hydrazine groups is 1. The minimum atomic E-state index is -0.415. The van der Waals surface area contributed by atoms with E-state index in [1.54, 1.807) is 36.4 Å². The molecule has 2 N–H and O–H groups in total. The van der Waals surface area contributed by atoms with E-state index in [1.165, 1.54) is 0 Å². The highest BCUT2D eigenvalue weighted by Crippen LogP contribution is 2.23. The Morgan fingerprint density at radius 1 is 0.680 bits per heavy atom. The summed E-state index contributed by atoms with van der Waals surface area (Å²) in [6.45, 7) is 0. The van der Waals surface area contributed by atoms with Crippen molar-refractivity contribution in [2.45, 2.75) is 0 Å². The second-order valence-electron chi connectivity index (χ2n) is 5.33. The third-order valence-corrected chi connectivity index (χ3v) is 3.90. The lowest BCUT2D eigenvalue weighted by atomic mass is 9.99. The molecule has 3 rings (SSSR count). The van der Waals surface area contributed by atoms with Crippen molar-refractivity contribution >= 4 is 23.4 Å². The van der Waals surface area contributed by atoms with Gasteiger partial charge in [0.05, 0.1) is 0 Å². The Labute approximate surface area is 150 Å². The highest BCUT2D eigenvalue weighted by Gasteiger charge is 2.13. The molecule has 0 saturated carbocycles. The molecule has 0 saturated heterocycles. The summed E-state index contributed by atoms with van der Waals surface area (Å²) in [5, 5.41) is 0.539. The van der Waals surface area contributed by atoms with Crippen molar-refractivity contribution in [1.29, 1.82) is 0 Å². The Balaban J connectivity index is 1.74. The van der Waals surface area contributed by atoms with E-state index < -0.39 is 5.91 Å². The maximum absolute atomic E-state index is 12.5. The van der Waals surface area contributed by atoms with E-state index in [1.807, 2.05) is 42.5 Å². The van der Waals surface area contributed by atoms with Gasteiger partial charge in [-0.2, -0.15) is 0 Å². The van der Waals surface area contributed by atoms with Crippen LogP contribution in [0.2, 0.25) is 5.02 Å². The zero-order chi connectivity index (χ0) is 17.6. The number of carbonyl (C=O) groups is 2. The summed E-state index contributed by atoms with van der Waals surface area (Å²) in [7, 11) is 0. The van der Waals surface area contributed by atoms with Gasteiger partial charge in [-0.05, 0) is 41.5 Å². The zero-order valence-electron chi connectivity index (χ0n) is 13.2. The molecule has 0 aliphatic carbocycles. The topological polar surface area (TPSA) is 58.2 Å². The first-order chi connectivity index (χ1) is 12.1. The normalized spacial score (nSPS) is 10.1. The third-order valence-electron chi connectivity index (χ3n) is 3.65. The molecule has 3 aromatic carbocycles. The highest BCUT2D eigenvalue weighted by molar-refractivity contribution is 6.30. The number of benzene rings is 3. The molecule has 0 aliphatic rings. The van der Waals surface area contributed by atoms with Crippen LogP contribution in [0.25, 0.3) is 11.1 Å². The van der Waals surface area contributed by atoms with Gasteiger partial charge in [-0.1, -0.05) is 60.1 Å². The fraction of sp³-hybridized carbons (Fsp3) is 0. The van der Waals surface area contributed by atoms with Crippen LogP contribution < -0.4 is 10.9 Å². The number of halogens is 1. The number of carbonyl (C=O) groups excluding carboxylic acids is 2. The average Bonchev–Trinajstić information content (AvgIpc) is 2.67. The highest BCUT2D eigenvalue weighted by atomic mass is 35.5. The number of hydrogen-bond donors (Lipinski definition) is 2. The smallest absolute Gasteiger partial charge is 0.267 e. The van der Waals surface area contributed by atoms with E-state index in [0.717, 1.165) is 11.1 Å². The molecule has 0 atom stereocenters. The minimum absolute atomic E-state index is 0.387. The maximum atomic E-state index is 12.5. The van der Waals surface area contributed by atoms with Crippen LogP contribution in [0.5, 0.6) is 0 Å². The van der Waals surface area contributed by atoms with Crippen LogP contribution in [0.15, 0.2) is 78.9 Å². The number of hydrogen-bond acceptors (Lipinski definition) is 2. The standard InChI is InChI=1S/C20H15ClN2O2/c21-16-12-10-15(11-13-16)19(24)22-23-20(25)18-9-5-4-8-17(18)14-6-2-1-3-7-14/h1-13H,(H,22,24)(H,23,25). The molecule has 0 aliphatic heterocycles. The van der Waals surface area contributed by atoms with E-state index >= 15 is 0 Å². The zero-order valence-corrected chi connectivity index (χ0v) is 14.0. The summed E-state index contributed by atoms with van der Waals surface area (Å²) in [6, 6.07) is 23.2. The molecular formula is C20H15ClN2O2. The van der Waals surface area contributed by atoms with Gasteiger partial charge in [-0.3, -0.25) is 20.4 Å².